The first kappa shape index (κ1) is 51.0. The molecule has 0 saturated heterocycles. The van der Waals surface area contributed by atoms with E-state index in [2.05, 4.69) is 6.92 Å². The number of unbranched alkanes of at least 4 members (excludes halogenated alkanes) is 47. The molecule has 0 aliphatic heterocycles. The second kappa shape index (κ2) is 50.0. The minimum Gasteiger partial charge on any atom is -0.330 e. The standard InChI is InChI=1S/C50H103N/c1-2-3-4-5-6-7-8-9-10-11-12-13-14-15-16-17-18-19-20-21-22-23-24-25-26-27-28-29-30-31-32-33-34-35-36-37-38-39-40-41-42-43-44-45-46-47-48-49-50-51/h2-51H2,1H3. The molecule has 0 aromatic heterocycles. The predicted molar refractivity (Wildman–Crippen MR) is 236 cm³/mol. The molecule has 0 amide bonds. The van der Waals surface area contributed by atoms with Crippen molar-refractivity contribution in [2.24, 2.45) is 5.73 Å². The van der Waals surface area contributed by atoms with Crippen molar-refractivity contribution in [3.63, 3.8) is 0 Å². The van der Waals surface area contributed by atoms with Crippen LogP contribution in [-0.2, 0) is 0 Å². The van der Waals surface area contributed by atoms with E-state index < -0.39 is 0 Å². The van der Waals surface area contributed by atoms with Crippen LogP contribution in [0.5, 0.6) is 0 Å². The maximum Gasteiger partial charge on any atom is -0.00773 e. The van der Waals surface area contributed by atoms with E-state index in [0.717, 1.165) is 6.54 Å². The molecule has 1 nitrogen and oxygen atoms in total. The third-order valence-corrected chi connectivity index (χ3v) is 12.1. The molecular weight excluding hydrogens is 615 g/mol. The molecule has 0 aromatic rings. The van der Waals surface area contributed by atoms with Gasteiger partial charge >= 0.3 is 0 Å². The predicted octanol–water partition coefficient (Wildman–Crippen LogP) is 18.7. The van der Waals surface area contributed by atoms with E-state index in [-0.39, 0.29) is 0 Å². The smallest absolute Gasteiger partial charge is 0.00773 e. The van der Waals surface area contributed by atoms with E-state index in [1.807, 2.05) is 0 Å². The van der Waals surface area contributed by atoms with Crippen molar-refractivity contribution in [2.45, 2.75) is 315 Å². The van der Waals surface area contributed by atoms with Gasteiger partial charge in [-0.05, 0) is 13.0 Å². The Balaban J connectivity index is 3.04. The second-order valence-corrected chi connectivity index (χ2v) is 17.4. The van der Waals surface area contributed by atoms with Crippen LogP contribution in [0.4, 0.5) is 0 Å². The Morgan fingerprint density at radius 3 is 0.353 bits per heavy atom. The van der Waals surface area contributed by atoms with Crippen LogP contribution in [0.2, 0.25) is 0 Å². The highest BCUT2D eigenvalue weighted by Crippen LogP contribution is 2.18. The van der Waals surface area contributed by atoms with Crippen LogP contribution in [0.25, 0.3) is 0 Å². The molecule has 0 radical (unpaired) electrons. The van der Waals surface area contributed by atoms with Gasteiger partial charge in [-0.1, -0.05) is 309 Å². The van der Waals surface area contributed by atoms with Crippen LogP contribution >= 0.6 is 0 Å². The summed E-state index contributed by atoms with van der Waals surface area (Å²) in [6.45, 7) is 3.19. The van der Waals surface area contributed by atoms with Crippen molar-refractivity contribution in [2.75, 3.05) is 6.54 Å². The van der Waals surface area contributed by atoms with E-state index in [1.165, 1.54) is 308 Å². The molecule has 0 fully saturated rings. The molecule has 0 bridgehead atoms. The molecule has 1 heteroatoms. The topological polar surface area (TPSA) is 26.0 Å². The van der Waals surface area contributed by atoms with Crippen LogP contribution in [-0.4, -0.2) is 6.54 Å². The average molecular weight is 718 g/mol. The van der Waals surface area contributed by atoms with Crippen molar-refractivity contribution in [1.29, 1.82) is 0 Å². The van der Waals surface area contributed by atoms with E-state index in [9.17, 15) is 0 Å². The average Bonchev–Trinajstić information content (AvgIpc) is 3.14. The summed E-state index contributed by atoms with van der Waals surface area (Å²) < 4.78 is 0. The van der Waals surface area contributed by atoms with E-state index in [0.29, 0.717) is 0 Å². The Kier molecular flexibility index (Phi) is 49.9. The number of rotatable bonds is 48. The second-order valence-electron chi connectivity index (χ2n) is 17.4. The fourth-order valence-corrected chi connectivity index (χ4v) is 8.35. The Labute approximate surface area is 326 Å². The molecule has 0 aromatic carbocycles. The Hall–Kier alpha value is -0.0400. The summed E-state index contributed by atoms with van der Waals surface area (Å²) >= 11 is 0. The third-order valence-electron chi connectivity index (χ3n) is 12.1. The maximum atomic E-state index is 5.56. The lowest BCUT2D eigenvalue weighted by molar-refractivity contribution is 0.508. The van der Waals surface area contributed by atoms with Gasteiger partial charge in [-0.2, -0.15) is 0 Å². The van der Waals surface area contributed by atoms with Gasteiger partial charge in [0, 0.05) is 0 Å². The zero-order valence-corrected chi connectivity index (χ0v) is 36.2. The molecule has 0 aliphatic carbocycles. The summed E-state index contributed by atoms with van der Waals surface area (Å²) in [5.41, 5.74) is 5.56. The highest BCUT2D eigenvalue weighted by molar-refractivity contribution is 4.54. The van der Waals surface area contributed by atoms with Crippen molar-refractivity contribution < 1.29 is 0 Å². The minimum absolute atomic E-state index is 0.875. The van der Waals surface area contributed by atoms with Gasteiger partial charge in [0.15, 0.2) is 0 Å². The fraction of sp³-hybridized carbons (Fsp3) is 1.00. The summed E-state index contributed by atoms with van der Waals surface area (Å²) in [4.78, 5) is 0. The molecule has 0 aliphatic rings. The van der Waals surface area contributed by atoms with E-state index in [1.54, 1.807) is 0 Å². The molecule has 2 N–H and O–H groups in total. The van der Waals surface area contributed by atoms with Crippen molar-refractivity contribution in [1.82, 2.24) is 0 Å². The van der Waals surface area contributed by atoms with Crippen LogP contribution in [0.1, 0.15) is 315 Å². The minimum atomic E-state index is 0.875. The van der Waals surface area contributed by atoms with E-state index in [4.69, 9.17) is 5.73 Å². The summed E-state index contributed by atoms with van der Waals surface area (Å²) in [6.07, 6.45) is 70.7. The molecule has 0 atom stereocenters. The maximum absolute atomic E-state index is 5.56. The summed E-state index contributed by atoms with van der Waals surface area (Å²) in [6, 6.07) is 0. The normalized spacial score (nSPS) is 11.6. The van der Waals surface area contributed by atoms with Gasteiger partial charge in [-0.25, -0.2) is 0 Å². The highest BCUT2D eigenvalue weighted by atomic mass is 14.5. The van der Waals surface area contributed by atoms with Crippen LogP contribution in [0.15, 0.2) is 0 Å². The summed E-state index contributed by atoms with van der Waals surface area (Å²) in [5, 5.41) is 0. The van der Waals surface area contributed by atoms with Gasteiger partial charge in [0.25, 0.3) is 0 Å². The quantitative estimate of drug-likeness (QED) is 0.0623. The van der Waals surface area contributed by atoms with Crippen LogP contribution in [0, 0.1) is 0 Å². The summed E-state index contributed by atoms with van der Waals surface area (Å²) in [5.74, 6) is 0. The molecule has 308 valence electrons. The highest BCUT2D eigenvalue weighted by Gasteiger charge is 1.99. The first-order valence-corrected chi connectivity index (χ1v) is 25.1. The largest absolute Gasteiger partial charge is 0.330 e. The SMILES string of the molecule is CCCCCCCCCCCCCCCCCCCCCCCCCCCCCCCCCCCCCCCCCCCCCCCCCCN. The molecule has 0 unspecified atom stereocenters. The fourth-order valence-electron chi connectivity index (χ4n) is 8.35. The molecule has 0 spiro atoms. The zero-order chi connectivity index (χ0) is 36.6. The van der Waals surface area contributed by atoms with Gasteiger partial charge in [0.2, 0.25) is 0 Å². The van der Waals surface area contributed by atoms with Gasteiger partial charge in [-0.3, -0.25) is 0 Å². The van der Waals surface area contributed by atoms with Crippen molar-refractivity contribution in [3.8, 4) is 0 Å². The van der Waals surface area contributed by atoms with Gasteiger partial charge in [0.1, 0.15) is 0 Å². The molecule has 51 heavy (non-hydrogen) atoms. The Morgan fingerprint density at radius 1 is 0.157 bits per heavy atom. The van der Waals surface area contributed by atoms with Crippen molar-refractivity contribution >= 4 is 0 Å². The number of hydrogen-bond acceptors (Lipinski definition) is 1. The van der Waals surface area contributed by atoms with Gasteiger partial charge < -0.3 is 5.73 Å². The van der Waals surface area contributed by atoms with Crippen LogP contribution < -0.4 is 5.73 Å². The summed E-state index contributed by atoms with van der Waals surface area (Å²) in [7, 11) is 0. The number of nitrogens with two attached hydrogens (primary N) is 1. The number of hydrogen-bond donors (Lipinski definition) is 1. The molecule has 0 saturated carbocycles. The molecule has 0 rings (SSSR count). The lowest BCUT2D eigenvalue weighted by Gasteiger charge is -2.05. The van der Waals surface area contributed by atoms with Crippen molar-refractivity contribution in [3.05, 3.63) is 0 Å². The Bertz CT molecular complexity index is 509. The lowest BCUT2D eigenvalue weighted by atomic mass is 10.0. The lowest BCUT2D eigenvalue weighted by Crippen LogP contribution is -1.97. The van der Waals surface area contributed by atoms with Gasteiger partial charge in [0.05, 0.1) is 0 Å². The van der Waals surface area contributed by atoms with Gasteiger partial charge in [-0.15, -0.1) is 0 Å². The monoisotopic (exact) mass is 718 g/mol. The first-order chi connectivity index (χ1) is 25.4. The molecular formula is C50H103N. The first-order valence-electron chi connectivity index (χ1n) is 25.1. The Morgan fingerprint density at radius 2 is 0.255 bits per heavy atom. The zero-order valence-electron chi connectivity index (χ0n) is 36.2. The molecule has 0 heterocycles. The van der Waals surface area contributed by atoms with E-state index >= 15 is 0 Å². The third kappa shape index (κ3) is 50.0. The van der Waals surface area contributed by atoms with Crippen LogP contribution in [0.3, 0.4) is 0 Å².